The lowest BCUT2D eigenvalue weighted by Crippen LogP contribution is -2.39. The molecule has 1 fully saturated rings. The quantitative estimate of drug-likeness (QED) is 0.626. The van der Waals surface area contributed by atoms with E-state index in [0.29, 0.717) is 37.7 Å². The third kappa shape index (κ3) is 4.22. The van der Waals surface area contributed by atoms with E-state index in [1.807, 2.05) is 0 Å². The molecule has 0 radical (unpaired) electrons. The van der Waals surface area contributed by atoms with Gasteiger partial charge in [-0.2, -0.15) is 5.10 Å². The summed E-state index contributed by atoms with van der Waals surface area (Å²) in [5, 5.41) is 20.7. The molecule has 2 rings (SSSR count). The molecule has 4 N–H and O–H groups in total. The van der Waals surface area contributed by atoms with Gasteiger partial charge in [0.15, 0.2) is 0 Å². The molecule has 1 saturated carbocycles. The number of urea groups is 1. The molecule has 0 aliphatic heterocycles. The number of hydrogen-bond acceptors (Lipinski definition) is 4. The molecule has 8 heteroatoms. The number of carboxylic acids is 1. The number of aromatic nitrogens is 3. The van der Waals surface area contributed by atoms with Crippen molar-refractivity contribution in [3.05, 3.63) is 12.2 Å². The highest BCUT2D eigenvalue weighted by Gasteiger charge is 2.25. The average molecular weight is 281 g/mol. The van der Waals surface area contributed by atoms with Crippen LogP contribution >= 0.6 is 0 Å². The molecule has 1 aromatic rings. The lowest BCUT2D eigenvalue weighted by Gasteiger charge is -2.26. The van der Waals surface area contributed by atoms with E-state index >= 15 is 0 Å². The Morgan fingerprint density at radius 1 is 1.30 bits per heavy atom. The van der Waals surface area contributed by atoms with Gasteiger partial charge in [0.25, 0.3) is 0 Å². The smallest absolute Gasteiger partial charge is 0.315 e. The first kappa shape index (κ1) is 14.3. The van der Waals surface area contributed by atoms with Crippen LogP contribution in [0.2, 0.25) is 0 Å². The number of amides is 2. The molecule has 0 atom stereocenters. The minimum absolute atomic E-state index is 0.216. The maximum atomic E-state index is 11.6. The van der Waals surface area contributed by atoms with Gasteiger partial charge >= 0.3 is 12.0 Å². The summed E-state index contributed by atoms with van der Waals surface area (Å²) in [6.07, 6.45) is 4.47. The van der Waals surface area contributed by atoms with Crippen LogP contribution in [-0.4, -0.2) is 38.8 Å². The number of nitrogens with one attached hydrogen (secondary N) is 3. The zero-order valence-electron chi connectivity index (χ0n) is 11.1. The van der Waals surface area contributed by atoms with Crippen molar-refractivity contribution in [1.82, 2.24) is 25.8 Å². The molecule has 0 aromatic carbocycles. The number of carboxylic acid groups (broad SMARTS) is 1. The van der Waals surface area contributed by atoms with E-state index < -0.39 is 5.97 Å². The van der Waals surface area contributed by atoms with Gasteiger partial charge in [0.2, 0.25) is 0 Å². The summed E-state index contributed by atoms with van der Waals surface area (Å²) >= 11 is 0. The van der Waals surface area contributed by atoms with Crippen LogP contribution in [0.3, 0.4) is 0 Å². The van der Waals surface area contributed by atoms with E-state index in [0.717, 1.165) is 12.8 Å². The standard InChI is InChI=1S/C12H19N5O3/c18-11(19)9-3-1-8(2-4-9)5-13-12(20)14-6-10-15-7-16-17-10/h7-9H,1-6H2,(H,18,19)(H2,13,14,20)(H,15,16,17). The summed E-state index contributed by atoms with van der Waals surface area (Å²) < 4.78 is 0. The van der Waals surface area contributed by atoms with E-state index in [4.69, 9.17) is 5.11 Å². The number of aromatic amines is 1. The van der Waals surface area contributed by atoms with E-state index in [9.17, 15) is 9.59 Å². The fourth-order valence-electron chi connectivity index (χ4n) is 2.39. The van der Waals surface area contributed by atoms with Crippen molar-refractivity contribution < 1.29 is 14.7 Å². The molecule has 2 amide bonds. The molecule has 0 saturated heterocycles. The zero-order chi connectivity index (χ0) is 14.4. The monoisotopic (exact) mass is 281 g/mol. The number of carbonyl (C=O) groups is 2. The Labute approximate surface area is 116 Å². The van der Waals surface area contributed by atoms with Gasteiger partial charge in [-0.3, -0.25) is 9.89 Å². The second kappa shape index (κ2) is 6.88. The molecular weight excluding hydrogens is 262 g/mol. The summed E-state index contributed by atoms with van der Waals surface area (Å²) in [5.41, 5.74) is 0. The third-order valence-electron chi connectivity index (χ3n) is 3.63. The Morgan fingerprint density at radius 2 is 2.05 bits per heavy atom. The Morgan fingerprint density at radius 3 is 2.65 bits per heavy atom. The second-order valence-electron chi connectivity index (χ2n) is 5.05. The van der Waals surface area contributed by atoms with Gasteiger partial charge in [0.05, 0.1) is 12.5 Å². The Balaban J connectivity index is 1.61. The molecule has 1 aliphatic carbocycles. The van der Waals surface area contributed by atoms with Crippen LogP contribution in [-0.2, 0) is 11.3 Å². The topological polar surface area (TPSA) is 120 Å². The van der Waals surface area contributed by atoms with Crippen molar-refractivity contribution in [3.8, 4) is 0 Å². The molecule has 0 bridgehead atoms. The predicted octanol–water partition coefficient (Wildman–Crippen LogP) is 0.495. The number of aliphatic carboxylic acids is 1. The van der Waals surface area contributed by atoms with Crippen LogP contribution in [0.15, 0.2) is 6.33 Å². The molecule has 0 unspecified atom stereocenters. The van der Waals surface area contributed by atoms with Crippen LogP contribution in [0.25, 0.3) is 0 Å². The average Bonchev–Trinajstić information content (AvgIpc) is 2.96. The van der Waals surface area contributed by atoms with Gasteiger partial charge in [-0.05, 0) is 31.6 Å². The fraction of sp³-hybridized carbons (Fsp3) is 0.667. The van der Waals surface area contributed by atoms with Gasteiger partial charge in [-0.25, -0.2) is 9.78 Å². The Kier molecular flexibility index (Phi) is 4.91. The van der Waals surface area contributed by atoms with Gasteiger partial charge in [-0.15, -0.1) is 0 Å². The van der Waals surface area contributed by atoms with E-state index in [-0.39, 0.29) is 11.9 Å². The van der Waals surface area contributed by atoms with Crippen molar-refractivity contribution in [2.45, 2.75) is 32.2 Å². The first-order valence-corrected chi connectivity index (χ1v) is 6.74. The number of rotatable bonds is 5. The number of carbonyl (C=O) groups excluding carboxylic acids is 1. The summed E-state index contributed by atoms with van der Waals surface area (Å²) in [7, 11) is 0. The minimum atomic E-state index is -0.707. The maximum Gasteiger partial charge on any atom is 0.315 e. The van der Waals surface area contributed by atoms with Crippen molar-refractivity contribution in [1.29, 1.82) is 0 Å². The first-order chi connectivity index (χ1) is 9.65. The lowest BCUT2D eigenvalue weighted by molar-refractivity contribution is -0.143. The van der Waals surface area contributed by atoms with Crippen LogP contribution < -0.4 is 10.6 Å². The van der Waals surface area contributed by atoms with Crippen molar-refractivity contribution in [2.75, 3.05) is 6.54 Å². The lowest BCUT2D eigenvalue weighted by atomic mass is 9.82. The van der Waals surface area contributed by atoms with Gasteiger partial charge < -0.3 is 15.7 Å². The van der Waals surface area contributed by atoms with Crippen LogP contribution in [0.4, 0.5) is 4.79 Å². The Bertz CT molecular complexity index is 440. The molecular formula is C12H19N5O3. The largest absolute Gasteiger partial charge is 0.481 e. The summed E-state index contributed by atoms with van der Waals surface area (Å²) in [4.78, 5) is 26.3. The number of hydrogen-bond donors (Lipinski definition) is 4. The normalized spacial score (nSPS) is 22.2. The van der Waals surface area contributed by atoms with Crippen molar-refractivity contribution >= 4 is 12.0 Å². The van der Waals surface area contributed by atoms with Gasteiger partial charge in [-0.1, -0.05) is 0 Å². The molecule has 110 valence electrons. The molecule has 1 aliphatic rings. The number of H-pyrrole nitrogens is 1. The summed E-state index contributed by atoms with van der Waals surface area (Å²) in [6, 6.07) is -0.248. The van der Waals surface area contributed by atoms with Crippen LogP contribution in [0.5, 0.6) is 0 Å². The number of nitrogens with zero attached hydrogens (tertiary/aromatic N) is 2. The summed E-state index contributed by atoms with van der Waals surface area (Å²) in [6.45, 7) is 0.881. The van der Waals surface area contributed by atoms with Crippen LogP contribution in [0, 0.1) is 11.8 Å². The molecule has 8 nitrogen and oxygen atoms in total. The van der Waals surface area contributed by atoms with E-state index in [1.165, 1.54) is 6.33 Å². The summed E-state index contributed by atoms with van der Waals surface area (Å²) in [5.74, 6) is 0.0384. The van der Waals surface area contributed by atoms with Crippen LogP contribution in [0.1, 0.15) is 31.5 Å². The van der Waals surface area contributed by atoms with Gasteiger partial charge in [0, 0.05) is 6.54 Å². The second-order valence-corrected chi connectivity index (χ2v) is 5.05. The molecule has 20 heavy (non-hydrogen) atoms. The molecule has 1 heterocycles. The molecule has 0 spiro atoms. The van der Waals surface area contributed by atoms with Crippen molar-refractivity contribution in [3.63, 3.8) is 0 Å². The van der Waals surface area contributed by atoms with E-state index in [1.54, 1.807) is 0 Å². The zero-order valence-corrected chi connectivity index (χ0v) is 11.1. The highest BCUT2D eigenvalue weighted by Crippen LogP contribution is 2.28. The van der Waals surface area contributed by atoms with Crippen molar-refractivity contribution in [2.24, 2.45) is 11.8 Å². The predicted molar refractivity (Wildman–Crippen MR) is 69.7 cm³/mol. The highest BCUT2D eigenvalue weighted by atomic mass is 16.4. The highest BCUT2D eigenvalue weighted by molar-refractivity contribution is 5.73. The third-order valence-corrected chi connectivity index (χ3v) is 3.63. The minimum Gasteiger partial charge on any atom is -0.481 e. The molecule has 1 aromatic heterocycles. The Hall–Kier alpha value is -2.12. The van der Waals surface area contributed by atoms with Gasteiger partial charge in [0.1, 0.15) is 12.2 Å². The fourth-order valence-corrected chi connectivity index (χ4v) is 2.39. The SMILES string of the molecule is O=C(NCc1ncn[nH]1)NCC1CCC(C(=O)O)CC1. The first-order valence-electron chi connectivity index (χ1n) is 6.74. The van der Waals surface area contributed by atoms with E-state index in [2.05, 4.69) is 25.8 Å². The maximum absolute atomic E-state index is 11.6.